The summed E-state index contributed by atoms with van der Waals surface area (Å²) in [4.78, 5) is 18.2. The van der Waals surface area contributed by atoms with E-state index in [-0.39, 0.29) is 5.54 Å². The number of nitrogens with zero attached hydrogens (tertiary/aromatic N) is 5. The van der Waals surface area contributed by atoms with Crippen molar-refractivity contribution in [1.82, 2.24) is 15.0 Å². The molecule has 0 aromatic carbocycles. The number of anilines is 3. The van der Waals surface area contributed by atoms with E-state index in [4.69, 9.17) is 4.98 Å². The van der Waals surface area contributed by atoms with E-state index in [2.05, 4.69) is 59.8 Å². The molecule has 6 heteroatoms. The molecule has 0 unspecified atom stereocenters. The average Bonchev–Trinajstić information content (AvgIpc) is 3.00. The summed E-state index contributed by atoms with van der Waals surface area (Å²) >= 11 is 0. The molecule has 0 aliphatic carbocycles. The number of nitrogens with one attached hydrogen (secondary N) is 1. The Morgan fingerprint density at radius 2 is 1.81 bits per heavy atom. The van der Waals surface area contributed by atoms with Crippen LogP contribution in [0.1, 0.15) is 47.0 Å². The minimum atomic E-state index is 0.0209. The van der Waals surface area contributed by atoms with E-state index < -0.39 is 0 Å². The highest BCUT2D eigenvalue weighted by molar-refractivity contribution is 5.46. The topological polar surface area (TPSA) is 57.2 Å². The molecule has 6 nitrogen and oxygen atoms in total. The molecule has 1 aromatic heterocycles. The van der Waals surface area contributed by atoms with Crippen molar-refractivity contribution in [2.75, 3.05) is 41.8 Å². The van der Waals surface area contributed by atoms with Crippen molar-refractivity contribution < 1.29 is 0 Å². The summed E-state index contributed by atoms with van der Waals surface area (Å²) in [5.41, 5.74) is 0.0209. The molecule has 21 heavy (non-hydrogen) atoms. The van der Waals surface area contributed by atoms with Crippen molar-refractivity contribution in [1.29, 1.82) is 0 Å². The predicted octanol–water partition coefficient (Wildman–Crippen LogP) is 2.53. The second-order valence-corrected chi connectivity index (χ2v) is 6.21. The third kappa shape index (κ3) is 3.54. The molecule has 2 rings (SSSR count). The van der Waals surface area contributed by atoms with Crippen molar-refractivity contribution in [3.63, 3.8) is 0 Å². The lowest BCUT2D eigenvalue weighted by Gasteiger charge is -2.35. The van der Waals surface area contributed by atoms with Crippen LogP contribution in [0.3, 0.4) is 0 Å². The number of aromatic nitrogens is 3. The summed E-state index contributed by atoms with van der Waals surface area (Å²) in [5, 5.41) is 3.22. The van der Waals surface area contributed by atoms with Gasteiger partial charge in [0.15, 0.2) is 0 Å². The molecule has 1 fully saturated rings. The Labute approximate surface area is 128 Å². The monoisotopic (exact) mass is 292 g/mol. The normalized spacial score (nSPS) is 15.4. The number of rotatable bonds is 6. The molecule has 0 atom stereocenters. The van der Waals surface area contributed by atoms with Gasteiger partial charge in [-0.3, -0.25) is 0 Å². The Kier molecular flexibility index (Phi) is 4.85. The molecule has 2 heterocycles. The van der Waals surface area contributed by atoms with E-state index in [0.29, 0.717) is 5.95 Å². The summed E-state index contributed by atoms with van der Waals surface area (Å²) in [6.45, 7) is 11.5. The molecule has 118 valence electrons. The zero-order valence-electron chi connectivity index (χ0n) is 14.0. The average molecular weight is 292 g/mol. The Morgan fingerprint density at radius 3 is 2.38 bits per heavy atom. The summed E-state index contributed by atoms with van der Waals surface area (Å²) in [5.74, 6) is 2.21. The lowest BCUT2D eigenvalue weighted by atomic mass is 10.0. The molecular formula is C15H28N6. The first-order chi connectivity index (χ1) is 9.97. The zero-order valence-corrected chi connectivity index (χ0v) is 14.0. The van der Waals surface area contributed by atoms with Crippen LogP contribution < -0.4 is 15.1 Å². The van der Waals surface area contributed by atoms with E-state index >= 15 is 0 Å². The van der Waals surface area contributed by atoms with Gasteiger partial charge in [0.2, 0.25) is 17.8 Å². The highest BCUT2D eigenvalue weighted by atomic mass is 15.4. The Balaban J connectivity index is 2.35. The SMILES string of the molecule is CCNc1nc(N2CCCC2)nc(N(C)C(C)(C)CC)n1. The molecule has 0 amide bonds. The molecular weight excluding hydrogens is 264 g/mol. The van der Waals surface area contributed by atoms with E-state index in [1.807, 2.05) is 0 Å². The smallest absolute Gasteiger partial charge is 0.232 e. The van der Waals surface area contributed by atoms with Gasteiger partial charge < -0.3 is 15.1 Å². The van der Waals surface area contributed by atoms with Crippen LogP contribution in [0.25, 0.3) is 0 Å². The van der Waals surface area contributed by atoms with Crippen LogP contribution in [-0.2, 0) is 0 Å². The quantitative estimate of drug-likeness (QED) is 0.869. The summed E-state index contributed by atoms with van der Waals surface area (Å²) in [6, 6.07) is 0. The lowest BCUT2D eigenvalue weighted by Crippen LogP contribution is -2.42. The van der Waals surface area contributed by atoms with E-state index in [9.17, 15) is 0 Å². The molecule has 0 bridgehead atoms. The van der Waals surface area contributed by atoms with Crippen molar-refractivity contribution >= 4 is 17.8 Å². The van der Waals surface area contributed by atoms with Gasteiger partial charge in [0.1, 0.15) is 0 Å². The van der Waals surface area contributed by atoms with Crippen molar-refractivity contribution in [2.24, 2.45) is 0 Å². The van der Waals surface area contributed by atoms with Crippen LogP contribution in [-0.4, -0.2) is 47.2 Å². The highest BCUT2D eigenvalue weighted by Gasteiger charge is 2.26. The maximum atomic E-state index is 4.70. The van der Waals surface area contributed by atoms with Gasteiger partial charge in [-0.15, -0.1) is 0 Å². The van der Waals surface area contributed by atoms with Crippen molar-refractivity contribution in [3.8, 4) is 0 Å². The van der Waals surface area contributed by atoms with Crippen LogP contribution in [0.5, 0.6) is 0 Å². The van der Waals surface area contributed by atoms with Crippen molar-refractivity contribution in [3.05, 3.63) is 0 Å². The minimum Gasteiger partial charge on any atom is -0.354 e. The Bertz CT molecular complexity index is 467. The van der Waals surface area contributed by atoms with Crippen LogP contribution in [0.2, 0.25) is 0 Å². The second kappa shape index (κ2) is 6.45. The zero-order chi connectivity index (χ0) is 15.5. The van der Waals surface area contributed by atoms with Crippen LogP contribution >= 0.6 is 0 Å². The maximum Gasteiger partial charge on any atom is 0.232 e. The largest absolute Gasteiger partial charge is 0.354 e. The first kappa shape index (κ1) is 15.8. The number of hydrogen-bond donors (Lipinski definition) is 1. The van der Waals surface area contributed by atoms with Gasteiger partial charge in [0, 0.05) is 32.2 Å². The second-order valence-electron chi connectivity index (χ2n) is 6.21. The molecule has 1 N–H and O–H groups in total. The predicted molar refractivity (Wildman–Crippen MR) is 88.2 cm³/mol. The van der Waals surface area contributed by atoms with Crippen LogP contribution in [0.15, 0.2) is 0 Å². The third-order valence-corrected chi connectivity index (χ3v) is 4.41. The first-order valence-electron chi connectivity index (χ1n) is 7.96. The lowest BCUT2D eigenvalue weighted by molar-refractivity contribution is 0.463. The van der Waals surface area contributed by atoms with E-state index in [1.54, 1.807) is 0 Å². The maximum absolute atomic E-state index is 4.70. The minimum absolute atomic E-state index is 0.0209. The van der Waals surface area contributed by atoms with Gasteiger partial charge in [0.05, 0.1) is 0 Å². The molecule has 1 saturated heterocycles. The van der Waals surface area contributed by atoms with Crippen LogP contribution in [0, 0.1) is 0 Å². The Hall–Kier alpha value is -1.59. The van der Waals surface area contributed by atoms with Gasteiger partial charge in [0.25, 0.3) is 0 Å². The standard InChI is InChI=1S/C15H28N6/c1-6-15(3,4)20(5)13-17-12(16-7-2)18-14(19-13)21-10-8-9-11-21/h6-11H2,1-5H3,(H,16,17,18,19). The van der Waals surface area contributed by atoms with Gasteiger partial charge in [-0.25, -0.2) is 0 Å². The van der Waals surface area contributed by atoms with Crippen molar-refractivity contribution in [2.45, 2.75) is 52.5 Å². The van der Waals surface area contributed by atoms with E-state index in [1.165, 1.54) is 12.8 Å². The highest BCUT2D eigenvalue weighted by Crippen LogP contribution is 2.25. The molecule has 1 aliphatic heterocycles. The van der Waals surface area contributed by atoms with Gasteiger partial charge in [-0.1, -0.05) is 6.92 Å². The molecule has 1 aromatic rings. The van der Waals surface area contributed by atoms with E-state index in [0.717, 1.165) is 38.0 Å². The van der Waals surface area contributed by atoms with Gasteiger partial charge >= 0.3 is 0 Å². The van der Waals surface area contributed by atoms with Gasteiger partial charge in [-0.2, -0.15) is 15.0 Å². The third-order valence-electron chi connectivity index (χ3n) is 4.41. The summed E-state index contributed by atoms with van der Waals surface area (Å²) < 4.78 is 0. The summed E-state index contributed by atoms with van der Waals surface area (Å²) in [7, 11) is 2.06. The fraction of sp³-hybridized carbons (Fsp3) is 0.800. The molecule has 0 saturated carbocycles. The molecule has 0 radical (unpaired) electrons. The Morgan fingerprint density at radius 1 is 1.14 bits per heavy atom. The fourth-order valence-corrected chi connectivity index (χ4v) is 2.31. The number of hydrogen-bond acceptors (Lipinski definition) is 6. The molecule has 0 spiro atoms. The van der Waals surface area contributed by atoms with Crippen LogP contribution in [0.4, 0.5) is 17.8 Å². The summed E-state index contributed by atoms with van der Waals surface area (Å²) in [6.07, 6.45) is 3.46. The fourth-order valence-electron chi connectivity index (χ4n) is 2.31. The van der Waals surface area contributed by atoms with Gasteiger partial charge in [-0.05, 0) is 40.0 Å². The first-order valence-corrected chi connectivity index (χ1v) is 7.96. The molecule has 1 aliphatic rings.